The summed E-state index contributed by atoms with van der Waals surface area (Å²) in [7, 11) is 1.93. The molecule has 5 rings (SSSR count). The predicted molar refractivity (Wildman–Crippen MR) is 152 cm³/mol. The molecule has 0 saturated carbocycles. The zero-order valence-electron chi connectivity index (χ0n) is 20.3. The summed E-state index contributed by atoms with van der Waals surface area (Å²) >= 11 is 0. The van der Waals surface area contributed by atoms with E-state index >= 15 is 0 Å². The summed E-state index contributed by atoms with van der Waals surface area (Å²) in [5.41, 5.74) is 8.83. The minimum absolute atomic E-state index is 0.462. The standard InChI is InChI=1S/C34H28N2/c1-36(31-20-12-5-13-21-31)34(35)30-24-22-29(23-25-30)33(28-18-10-4-11-19-28)32(26-14-6-2-7-15-26)27-16-8-3-9-17-27/h2-25,35H,1H3. The summed E-state index contributed by atoms with van der Waals surface area (Å²) in [5, 5.41) is 8.78. The Morgan fingerprint density at radius 1 is 0.417 bits per heavy atom. The molecule has 0 fully saturated rings. The number of amidine groups is 1. The van der Waals surface area contributed by atoms with Gasteiger partial charge in [-0.3, -0.25) is 5.41 Å². The Hall–Kier alpha value is -4.69. The third-order valence-electron chi connectivity index (χ3n) is 6.36. The molecular formula is C34H28N2. The van der Waals surface area contributed by atoms with Crippen molar-refractivity contribution in [3.05, 3.63) is 173 Å². The van der Waals surface area contributed by atoms with Gasteiger partial charge in [-0.05, 0) is 45.5 Å². The van der Waals surface area contributed by atoms with Gasteiger partial charge in [-0.25, -0.2) is 0 Å². The van der Waals surface area contributed by atoms with Crippen molar-refractivity contribution < 1.29 is 0 Å². The SMILES string of the molecule is CN(C(=N)c1ccc(C(=C(c2ccccc2)c2ccccc2)c2ccccc2)cc1)c1ccccc1. The number of benzene rings is 5. The summed E-state index contributed by atoms with van der Waals surface area (Å²) in [6.07, 6.45) is 0. The number of rotatable bonds is 6. The second-order valence-electron chi connectivity index (χ2n) is 8.67. The first-order valence-corrected chi connectivity index (χ1v) is 12.1. The van der Waals surface area contributed by atoms with Crippen LogP contribution in [0.1, 0.15) is 27.8 Å². The maximum Gasteiger partial charge on any atom is 0.132 e. The van der Waals surface area contributed by atoms with Crippen molar-refractivity contribution in [2.24, 2.45) is 0 Å². The van der Waals surface area contributed by atoms with Crippen LogP contribution in [0.2, 0.25) is 0 Å². The smallest absolute Gasteiger partial charge is 0.132 e. The minimum Gasteiger partial charge on any atom is -0.329 e. The number of anilines is 1. The lowest BCUT2D eigenvalue weighted by molar-refractivity contribution is 1.22. The van der Waals surface area contributed by atoms with E-state index < -0.39 is 0 Å². The van der Waals surface area contributed by atoms with E-state index in [-0.39, 0.29) is 0 Å². The van der Waals surface area contributed by atoms with Gasteiger partial charge in [0.1, 0.15) is 5.84 Å². The molecule has 0 spiro atoms. The van der Waals surface area contributed by atoms with Crippen LogP contribution in [0.3, 0.4) is 0 Å². The Kier molecular flexibility index (Phi) is 6.86. The highest BCUT2D eigenvalue weighted by atomic mass is 15.1. The van der Waals surface area contributed by atoms with Crippen LogP contribution in [0, 0.1) is 5.41 Å². The lowest BCUT2D eigenvalue weighted by atomic mass is 9.85. The summed E-state index contributed by atoms with van der Waals surface area (Å²) in [6, 6.07) is 50.1. The topological polar surface area (TPSA) is 27.1 Å². The Morgan fingerprint density at radius 3 is 1.11 bits per heavy atom. The Bertz CT molecular complexity index is 1410. The molecule has 36 heavy (non-hydrogen) atoms. The van der Waals surface area contributed by atoms with E-state index in [0.29, 0.717) is 5.84 Å². The molecule has 174 valence electrons. The van der Waals surface area contributed by atoms with Crippen molar-refractivity contribution >= 4 is 22.7 Å². The maximum atomic E-state index is 8.78. The fraction of sp³-hybridized carbons (Fsp3) is 0.0294. The van der Waals surface area contributed by atoms with Crippen LogP contribution in [0.15, 0.2) is 146 Å². The van der Waals surface area contributed by atoms with E-state index in [1.54, 1.807) is 0 Å². The van der Waals surface area contributed by atoms with E-state index in [0.717, 1.165) is 22.4 Å². The summed E-state index contributed by atoms with van der Waals surface area (Å²) < 4.78 is 0. The van der Waals surface area contributed by atoms with Crippen LogP contribution in [0.5, 0.6) is 0 Å². The lowest BCUT2D eigenvalue weighted by Gasteiger charge is -2.21. The van der Waals surface area contributed by atoms with Crippen molar-refractivity contribution in [3.8, 4) is 0 Å². The van der Waals surface area contributed by atoms with Gasteiger partial charge in [0.25, 0.3) is 0 Å². The molecule has 0 bridgehead atoms. The van der Waals surface area contributed by atoms with Crippen molar-refractivity contribution in [3.63, 3.8) is 0 Å². The highest BCUT2D eigenvalue weighted by molar-refractivity contribution is 6.08. The average molecular weight is 465 g/mol. The number of para-hydroxylation sites is 1. The van der Waals surface area contributed by atoms with Gasteiger partial charge in [-0.1, -0.05) is 133 Å². The van der Waals surface area contributed by atoms with E-state index in [1.807, 2.05) is 54.4 Å². The molecule has 0 radical (unpaired) electrons. The third-order valence-corrected chi connectivity index (χ3v) is 6.36. The van der Waals surface area contributed by atoms with Crippen LogP contribution >= 0.6 is 0 Å². The molecule has 5 aromatic rings. The van der Waals surface area contributed by atoms with Crippen LogP contribution in [-0.4, -0.2) is 12.9 Å². The molecule has 0 aliphatic rings. The molecule has 0 saturated heterocycles. The Morgan fingerprint density at radius 2 is 0.722 bits per heavy atom. The molecule has 0 heterocycles. The first-order chi connectivity index (χ1) is 17.7. The molecule has 0 unspecified atom stereocenters. The molecule has 0 aromatic heterocycles. The Balaban J connectivity index is 1.65. The van der Waals surface area contributed by atoms with Crippen LogP contribution in [-0.2, 0) is 0 Å². The second-order valence-corrected chi connectivity index (χ2v) is 8.67. The van der Waals surface area contributed by atoms with Gasteiger partial charge >= 0.3 is 0 Å². The molecule has 0 amide bonds. The van der Waals surface area contributed by atoms with Crippen LogP contribution < -0.4 is 4.90 Å². The first kappa shape index (κ1) is 23.1. The van der Waals surface area contributed by atoms with E-state index in [1.165, 1.54) is 22.3 Å². The number of nitrogens with one attached hydrogen (secondary N) is 1. The molecule has 0 aliphatic heterocycles. The molecular weight excluding hydrogens is 436 g/mol. The highest BCUT2D eigenvalue weighted by Crippen LogP contribution is 2.36. The van der Waals surface area contributed by atoms with Crippen molar-refractivity contribution in [1.29, 1.82) is 5.41 Å². The van der Waals surface area contributed by atoms with Gasteiger partial charge < -0.3 is 4.90 Å². The number of hydrogen-bond acceptors (Lipinski definition) is 1. The molecule has 0 aliphatic carbocycles. The predicted octanol–water partition coefficient (Wildman–Crippen LogP) is 8.16. The monoisotopic (exact) mass is 464 g/mol. The summed E-state index contributed by atoms with van der Waals surface area (Å²) in [6.45, 7) is 0. The minimum atomic E-state index is 0.462. The molecule has 2 heteroatoms. The quantitative estimate of drug-likeness (QED) is 0.153. The maximum absolute atomic E-state index is 8.78. The van der Waals surface area contributed by atoms with E-state index in [9.17, 15) is 0 Å². The van der Waals surface area contributed by atoms with Gasteiger partial charge in [0, 0.05) is 18.3 Å². The third kappa shape index (κ3) is 4.89. The van der Waals surface area contributed by atoms with Crippen molar-refractivity contribution in [2.75, 3.05) is 11.9 Å². The second kappa shape index (κ2) is 10.7. The van der Waals surface area contributed by atoms with Gasteiger partial charge in [0.2, 0.25) is 0 Å². The molecule has 2 nitrogen and oxygen atoms in total. The van der Waals surface area contributed by atoms with E-state index in [4.69, 9.17) is 5.41 Å². The van der Waals surface area contributed by atoms with Gasteiger partial charge in [-0.2, -0.15) is 0 Å². The number of hydrogen-bond donors (Lipinski definition) is 1. The lowest BCUT2D eigenvalue weighted by Crippen LogP contribution is -2.26. The van der Waals surface area contributed by atoms with Crippen molar-refractivity contribution in [1.82, 2.24) is 0 Å². The molecule has 5 aromatic carbocycles. The van der Waals surface area contributed by atoms with E-state index in [2.05, 4.69) is 103 Å². The van der Waals surface area contributed by atoms with Gasteiger partial charge in [0.15, 0.2) is 0 Å². The number of nitrogens with zero attached hydrogens (tertiary/aromatic N) is 1. The van der Waals surface area contributed by atoms with Crippen molar-refractivity contribution in [2.45, 2.75) is 0 Å². The summed E-state index contributed by atoms with van der Waals surface area (Å²) in [5.74, 6) is 0.462. The zero-order valence-corrected chi connectivity index (χ0v) is 20.3. The van der Waals surface area contributed by atoms with Gasteiger partial charge in [-0.15, -0.1) is 0 Å². The molecule has 1 N–H and O–H groups in total. The highest BCUT2D eigenvalue weighted by Gasteiger charge is 2.17. The molecule has 0 atom stereocenters. The average Bonchev–Trinajstić information content (AvgIpc) is 2.97. The Labute approximate surface area is 213 Å². The fourth-order valence-corrected chi connectivity index (χ4v) is 4.49. The zero-order chi connectivity index (χ0) is 24.7. The normalized spacial score (nSPS) is 10.5. The first-order valence-electron chi connectivity index (χ1n) is 12.1. The van der Waals surface area contributed by atoms with Crippen LogP contribution in [0.25, 0.3) is 11.1 Å². The fourth-order valence-electron chi connectivity index (χ4n) is 4.49. The largest absolute Gasteiger partial charge is 0.329 e. The van der Waals surface area contributed by atoms with Crippen LogP contribution in [0.4, 0.5) is 5.69 Å². The summed E-state index contributed by atoms with van der Waals surface area (Å²) in [4.78, 5) is 1.91. The van der Waals surface area contributed by atoms with Gasteiger partial charge in [0.05, 0.1) is 0 Å².